The number of halogens is 1. The summed E-state index contributed by atoms with van der Waals surface area (Å²) in [5, 5.41) is 2.80. The second kappa shape index (κ2) is 10.8. The highest BCUT2D eigenvalue weighted by molar-refractivity contribution is 7.10. The van der Waals surface area contributed by atoms with E-state index in [1.807, 2.05) is 34.1 Å². The topological polar surface area (TPSA) is 40.6 Å². The van der Waals surface area contributed by atoms with Gasteiger partial charge in [0.1, 0.15) is 0 Å². The number of rotatable bonds is 7. The number of carbonyl (C=O) groups is 2. The summed E-state index contributed by atoms with van der Waals surface area (Å²) in [5.41, 5.74) is 2.27. The van der Waals surface area contributed by atoms with E-state index in [-0.39, 0.29) is 30.3 Å². The molecule has 4 nitrogen and oxygen atoms in total. The van der Waals surface area contributed by atoms with Crippen LogP contribution in [0.15, 0.2) is 35.7 Å². The Hall–Kier alpha value is -1.85. The molecule has 0 saturated heterocycles. The Labute approximate surface area is 200 Å². The van der Waals surface area contributed by atoms with E-state index in [0.717, 1.165) is 50.5 Å². The first kappa shape index (κ1) is 23.3. The lowest BCUT2D eigenvalue weighted by atomic mass is 9.88. The predicted molar refractivity (Wildman–Crippen MR) is 131 cm³/mol. The van der Waals surface area contributed by atoms with Crippen molar-refractivity contribution in [2.75, 3.05) is 19.6 Å². The van der Waals surface area contributed by atoms with Crippen LogP contribution in [0.1, 0.15) is 73.9 Å². The van der Waals surface area contributed by atoms with E-state index < -0.39 is 0 Å². The van der Waals surface area contributed by atoms with Crippen molar-refractivity contribution in [1.29, 1.82) is 0 Å². The maximum Gasteiger partial charge on any atom is 0.242 e. The summed E-state index contributed by atoms with van der Waals surface area (Å²) in [6.45, 7) is 3.66. The molecule has 172 valence electrons. The zero-order valence-electron chi connectivity index (χ0n) is 18.9. The zero-order valence-corrected chi connectivity index (χ0v) is 20.5. The third-order valence-corrected chi connectivity index (χ3v) is 8.09. The predicted octanol–water partition coefficient (Wildman–Crippen LogP) is 6.08. The van der Waals surface area contributed by atoms with Crippen LogP contribution in [0.5, 0.6) is 0 Å². The Balaban J connectivity index is 1.56. The van der Waals surface area contributed by atoms with Crippen LogP contribution >= 0.6 is 22.9 Å². The van der Waals surface area contributed by atoms with Crippen LogP contribution < -0.4 is 0 Å². The number of amides is 2. The van der Waals surface area contributed by atoms with Gasteiger partial charge in [0, 0.05) is 28.9 Å². The fraction of sp³-hybridized carbons (Fsp3) is 0.538. The molecule has 2 aliphatic rings. The van der Waals surface area contributed by atoms with Gasteiger partial charge in [0.25, 0.3) is 0 Å². The molecule has 1 saturated carbocycles. The van der Waals surface area contributed by atoms with Gasteiger partial charge in [-0.3, -0.25) is 9.59 Å². The number of hydrogen-bond acceptors (Lipinski definition) is 3. The summed E-state index contributed by atoms with van der Waals surface area (Å²) < 4.78 is 0. The minimum Gasteiger partial charge on any atom is -0.333 e. The summed E-state index contributed by atoms with van der Waals surface area (Å²) in [5.74, 6) is 0.315. The van der Waals surface area contributed by atoms with Gasteiger partial charge in [-0.05, 0) is 60.4 Å². The number of thiophene rings is 1. The number of unbranched alkanes of at least 4 members (excludes halogenated alkanes) is 1. The molecule has 32 heavy (non-hydrogen) atoms. The summed E-state index contributed by atoms with van der Waals surface area (Å²) in [6, 6.07) is 9.83. The first-order valence-electron chi connectivity index (χ1n) is 12.0. The lowest BCUT2D eigenvalue weighted by Crippen LogP contribution is -2.48. The van der Waals surface area contributed by atoms with Crippen LogP contribution in [0.25, 0.3) is 0 Å². The fourth-order valence-electron chi connectivity index (χ4n) is 5.07. The van der Waals surface area contributed by atoms with Crippen molar-refractivity contribution in [1.82, 2.24) is 9.80 Å². The second-order valence-corrected chi connectivity index (χ2v) is 10.5. The minimum atomic E-state index is -0.118. The van der Waals surface area contributed by atoms with Gasteiger partial charge in [-0.15, -0.1) is 11.3 Å². The van der Waals surface area contributed by atoms with Gasteiger partial charge in [0.2, 0.25) is 11.8 Å². The Bertz CT molecular complexity index is 920. The summed E-state index contributed by atoms with van der Waals surface area (Å²) in [6.07, 6.45) is 8.20. The molecule has 1 aromatic heterocycles. The monoisotopic (exact) mass is 472 g/mol. The van der Waals surface area contributed by atoms with Gasteiger partial charge in [-0.2, -0.15) is 0 Å². The molecule has 4 rings (SSSR count). The largest absolute Gasteiger partial charge is 0.333 e. The molecule has 2 aromatic rings. The van der Waals surface area contributed by atoms with Crippen LogP contribution in [-0.4, -0.2) is 41.2 Å². The number of nitrogens with zero attached hydrogens (tertiary/aromatic N) is 2. The molecule has 1 aliphatic carbocycles. The first-order valence-corrected chi connectivity index (χ1v) is 13.2. The molecule has 1 atom stereocenters. The Morgan fingerprint density at radius 2 is 1.88 bits per heavy atom. The van der Waals surface area contributed by atoms with Gasteiger partial charge in [-0.25, -0.2) is 0 Å². The third kappa shape index (κ3) is 5.20. The molecule has 0 N–H and O–H groups in total. The third-order valence-electron chi connectivity index (χ3n) is 6.85. The molecule has 1 unspecified atom stereocenters. The molecular formula is C26H33ClN2O2S. The van der Waals surface area contributed by atoms with Crippen LogP contribution in [-0.2, 0) is 16.0 Å². The molecule has 1 aliphatic heterocycles. The number of hydrogen-bond donors (Lipinski definition) is 0. The van der Waals surface area contributed by atoms with Crippen molar-refractivity contribution < 1.29 is 9.59 Å². The lowest BCUT2D eigenvalue weighted by Gasteiger charge is -2.38. The van der Waals surface area contributed by atoms with Gasteiger partial charge in [0.05, 0.1) is 12.6 Å². The molecule has 1 aromatic carbocycles. The van der Waals surface area contributed by atoms with Crippen molar-refractivity contribution >= 4 is 34.8 Å². The van der Waals surface area contributed by atoms with Crippen LogP contribution in [0.4, 0.5) is 0 Å². The second-order valence-electron chi connectivity index (χ2n) is 9.04. The molecule has 6 heteroatoms. The number of carbonyl (C=O) groups excluding carboxylic acids is 2. The van der Waals surface area contributed by atoms with Crippen molar-refractivity contribution in [3.05, 3.63) is 56.7 Å². The summed E-state index contributed by atoms with van der Waals surface area (Å²) in [7, 11) is 0. The Morgan fingerprint density at radius 3 is 2.59 bits per heavy atom. The van der Waals surface area contributed by atoms with Gasteiger partial charge < -0.3 is 9.80 Å². The highest BCUT2D eigenvalue weighted by Gasteiger charge is 2.35. The average molecular weight is 473 g/mol. The minimum absolute atomic E-state index is 0.0436. The van der Waals surface area contributed by atoms with Crippen LogP contribution in [0.3, 0.4) is 0 Å². The normalized spacial score (nSPS) is 18.9. The van der Waals surface area contributed by atoms with Gasteiger partial charge in [0.15, 0.2) is 0 Å². The van der Waals surface area contributed by atoms with E-state index in [1.165, 1.54) is 16.9 Å². The first-order chi connectivity index (χ1) is 15.6. The molecular weight excluding hydrogens is 440 g/mol. The Morgan fingerprint density at radius 1 is 1.12 bits per heavy atom. The van der Waals surface area contributed by atoms with E-state index >= 15 is 0 Å². The highest BCUT2D eigenvalue weighted by Crippen LogP contribution is 2.38. The van der Waals surface area contributed by atoms with E-state index in [0.29, 0.717) is 18.1 Å². The summed E-state index contributed by atoms with van der Waals surface area (Å²) >= 11 is 7.89. The number of fused-ring (bicyclic) bond motifs is 1. The smallest absolute Gasteiger partial charge is 0.242 e. The van der Waals surface area contributed by atoms with E-state index in [4.69, 9.17) is 11.6 Å². The molecule has 0 spiro atoms. The fourth-order valence-corrected chi connectivity index (χ4v) is 6.10. The molecule has 1 fully saturated rings. The average Bonchev–Trinajstić information content (AvgIpc) is 3.30. The molecule has 2 heterocycles. The van der Waals surface area contributed by atoms with Crippen molar-refractivity contribution in [3.63, 3.8) is 0 Å². The number of benzene rings is 1. The maximum atomic E-state index is 13.7. The van der Waals surface area contributed by atoms with E-state index in [1.54, 1.807) is 11.3 Å². The molecule has 0 bridgehead atoms. The van der Waals surface area contributed by atoms with E-state index in [2.05, 4.69) is 18.4 Å². The van der Waals surface area contributed by atoms with Crippen molar-refractivity contribution in [3.8, 4) is 0 Å². The van der Waals surface area contributed by atoms with Gasteiger partial charge >= 0.3 is 0 Å². The van der Waals surface area contributed by atoms with E-state index in [9.17, 15) is 9.59 Å². The van der Waals surface area contributed by atoms with Crippen molar-refractivity contribution in [2.45, 2.75) is 64.3 Å². The maximum absolute atomic E-state index is 13.7. The highest BCUT2D eigenvalue weighted by atomic mass is 35.5. The van der Waals surface area contributed by atoms with Crippen LogP contribution in [0.2, 0.25) is 5.02 Å². The van der Waals surface area contributed by atoms with Gasteiger partial charge in [-0.1, -0.05) is 56.3 Å². The summed E-state index contributed by atoms with van der Waals surface area (Å²) in [4.78, 5) is 32.1. The van der Waals surface area contributed by atoms with Crippen LogP contribution in [0, 0.1) is 5.92 Å². The standard InChI is InChI=1S/C26H33ClN2O2S/c1-2-3-15-28(26(31)20-7-5-4-6-8-20)18-24(30)29-16-13-23-22(14-17-32-23)25(29)19-9-11-21(27)12-10-19/h9-12,14,17,20,25H,2-8,13,15-16,18H2,1H3. The SMILES string of the molecule is CCCCN(CC(=O)N1CCc2sccc2C1c1ccc(Cl)cc1)C(=O)C1CCCCC1. The quantitative estimate of drug-likeness (QED) is 0.489. The van der Waals surface area contributed by atoms with Crippen molar-refractivity contribution in [2.24, 2.45) is 5.92 Å². The molecule has 2 amide bonds. The zero-order chi connectivity index (χ0) is 22.5. The lowest BCUT2D eigenvalue weighted by molar-refractivity contribution is -0.144. The molecule has 0 radical (unpaired) electrons. The Kier molecular flexibility index (Phi) is 7.90.